The minimum Gasteiger partial charge on any atom is -0.293 e. The van der Waals surface area contributed by atoms with E-state index in [1.165, 1.54) is 48.8 Å². The largest absolute Gasteiger partial charge is 0.293 e. The third kappa shape index (κ3) is 1.78. The summed E-state index contributed by atoms with van der Waals surface area (Å²) in [6, 6.07) is 0. The van der Waals surface area contributed by atoms with Gasteiger partial charge in [-0.05, 0) is 39.2 Å². The van der Waals surface area contributed by atoms with E-state index in [0.29, 0.717) is 0 Å². The van der Waals surface area contributed by atoms with Crippen molar-refractivity contribution in [3.63, 3.8) is 0 Å². The number of hydrogen-bond donors (Lipinski definition) is 0. The Balaban J connectivity index is 2.52. The second-order valence-electron chi connectivity index (χ2n) is 5.66. The maximum absolute atomic E-state index is 2.43. The van der Waals surface area contributed by atoms with Crippen molar-refractivity contribution in [3.8, 4) is 0 Å². The SMILES string of the molecule is CC(C)=C1CCC[N+]2(C)CCCC(C)=C12. The van der Waals surface area contributed by atoms with Crippen molar-refractivity contribution in [3.05, 3.63) is 22.4 Å². The minimum absolute atomic E-state index is 1.21. The number of nitrogens with zero attached hydrogens (tertiary/aromatic N) is 1. The summed E-state index contributed by atoms with van der Waals surface area (Å²) in [4.78, 5) is 0. The Kier molecular flexibility index (Phi) is 2.76. The first kappa shape index (κ1) is 10.9. The van der Waals surface area contributed by atoms with Gasteiger partial charge in [-0.1, -0.05) is 5.57 Å². The molecule has 0 spiro atoms. The van der Waals surface area contributed by atoms with Crippen molar-refractivity contribution in [2.75, 3.05) is 20.1 Å². The van der Waals surface area contributed by atoms with Crippen LogP contribution in [-0.4, -0.2) is 24.6 Å². The molecule has 0 amide bonds. The second-order valence-corrected chi connectivity index (χ2v) is 5.66. The number of quaternary nitrogens is 1. The molecule has 1 heteroatoms. The van der Waals surface area contributed by atoms with Crippen molar-refractivity contribution in [2.24, 2.45) is 0 Å². The highest BCUT2D eigenvalue weighted by Crippen LogP contribution is 2.40. The monoisotopic (exact) mass is 206 g/mol. The van der Waals surface area contributed by atoms with Crippen molar-refractivity contribution in [1.82, 2.24) is 0 Å². The lowest BCUT2D eigenvalue weighted by atomic mass is 9.87. The molecule has 0 N–H and O–H groups in total. The van der Waals surface area contributed by atoms with Gasteiger partial charge in [0.05, 0.1) is 20.1 Å². The standard InChI is InChI=1S/C14H24N/c1-11(2)13-8-6-10-15(4)9-5-7-12(3)14(13)15/h5-10H2,1-4H3/q+1. The van der Waals surface area contributed by atoms with E-state index in [0.717, 1.165) is 0 Å². The van der Waals surface area contributed by atoms with Gasteiger partial charge in [0.2, 0.25) is 0 Å². The summed E-state index contributed by atoms with van der Waals surface area (Å²) in [6.07, 6.45) is 5.37. The lowest BCUT2D eigenvalue weighted by Crippen LogP contribution is -2.49. The predicted octanol–water partition coefficient (Wildman–Crippen LogP) is 3.63. The molecule has 1 fully saturated rings. The molecule has 0 saturated carbocycles. The smallest absolute Gasteiger partial charge is 0.134 e. The highest BCUT2D eigenvalue weighted by Gasteiger charge is 2.37. The van der Waals surface area contributed by atoms with Crippen LogP contribution in [0.4, 0.5) is 0 Å². The van der Waals surface area contributed by atoms with Gasteiger partial charge in [0.1, 0.15) is 5.70 Å². The van der Waals surface area contributed by atoms with E-state index >= 15 is 0 Å². The maximum atomic E-state index is 2.43. The summed E-state index contributed by atoms with van der Waals surface area (Å²) >= 11 is 0. The quantitative estimate of drug-likeness (QED) is 0.531. The zero-order valence-corrected chi connectivity index (χ0v) is 10.7. The fraction of sp³-hybridized carbons (Fsp3) is 0.714. The summed E-state index contributed by atoms with van der Waals surface area (Å²) < 4.78 is 1.21. The van der Waals surface area contributed by atoms with Crippen molar-refractivity contribution in [2.45, 2.75) is 46.5 Å². The molecule has 0 aromatic carbocycles. The summed E-state index contributed by atoms with van der Waals surface area (Å²) in [5.41, 5.74) is 6.54. The normalized spacial score (nSPS) is 31.6. The van der Waals surface area contributed by atoms with Crippen LogP contribution in [0, 0.1) is 0 Å². The Morgan fingerprint density at radius 3 is 2.27 bits per heavy atom. The summed E-state index contributed by atoms with van der Waals surface area (Å²) in [5.74, 6) is 0. The van der Waals surface area contributed by atoms with Gasteiger partial charge in [-0.25, -0.2) is 0 Å². The molecule has 15 heavy (non-hydrogen) atoms. The number of hydrogen-bond acceptors (Lipinski definition) is 0. The van der Waals surface area contributed by atoms with Crippen molar-refractivity contribution < 1.29 is 4.48 Å². The van der Waals surface area contributed by atoms with Gasteiger partial charge in [0.15, 0.2) is 0 Å². The molecule has 0 radical (unpaired) electrons. The molecule has 2 rings (SSSR count). The first-order chi connectivity index (χ1) is 7.04. The topological polar surface area (TPSA) is 0 Å². The lowest BCUT2D eigenvalue weighted by Gasteiger charge is -2.44. The Hall–Kier alpha value is -0.560. The van der Waals surface area contributed by atoms with E-state index in [2.05, 4.69) is 27.8 Å². The molecule has 2 heterocycles. The third-order valence-electron chi connectivity index (χ3n) is 4.12. The molecule has 0 aromatic rings. The van der Waals surface area contributed by atoms with Crippen molar-refractivity contribution >= 4 is 0 Å². The molecule has 2 aliphatic heterocycles. The molecule has 1 unspecified atom stereocenters. The van der Waals surface area contributed by atoms with E-state index in [4.69, 9.17) is 0 Å². The summed E-state index contributed by atoms with van der Waals surface area (Å²) in [6.45, 7) is 9.60. The van der Waals surface area contributed by atoms with Crippen molar-refractivity contribution in [1.29, 1.82) is 0 Å². The van der Waals surface area contributed by atoms with Crippen LogP contribution in [0.5, 0.6) is 0 Å². The van der Waals surface area contributed by atoms with Gasteiger partial charge in [-0.2, -0.15) is 0 Å². The molecule has 1 saturated heterocycles. The zero-order valence-electron chi connectivity index (χ0n) is 10.7. The van der Waals surface area contributed by atoms with Gasteiger partial charge < -0.3 is 0 Å². The van der Waals surface area contributed by atoms with Gasteiger partial charge >= 0.3 is 0 Å². The Morgan fingerprint density at radius 1 is 1.07 bits per heavy atom. The van der Waals surface area contributed by atoms with E-state index in [-0.39, 0.29) is 0 Å². The number of likely N-dealkylation sites (N-methyl/N-ethyl adjacent to an activating group) is 1. The maximum Gasteiger partial charge on any atom is 0.134 e. The Labute approximate surface area is 94.1 Å². The van der Waals surface area contributed by atoms with Gasteiger partial charge in [-0.15, -0.1) is 0 Å². The van der Waals surface area contributed by atoms with E-state index in [1.54, 1.807) is 16.8 Å². The number of piperidine rings is 1. The average molecular weight is 206 g/mol. The van der Waals surface area contributed by atoms with Gasteiger partial charge in [0.25, 0.3) is 0 Å². The third-order valence-corrected chi connectivity index (χ3v) is 4.12. The zero-order chi connectivity index (χ0) is 11.1. The molecule has 0 aliphatic carbocycles. The molecule has 1 atom stereocenters. The van der Waals surface area contributed by atoms with Crippen LogP contribution in [0.2, 0.25) is 0 Å². The average Bonchev–Trinajstić information content (AvgIpc) is 2.16. The van der Waals surface area contributed by atoms with E-state index in [9.17, 15) is 0 Å². The summed E-state index contributed by atoms with van der Waals surface area (Å²) in [5, 5.41) is 0. The number of fused-ring (bicyclic) bond motifs is 1. The molecule has 0 bridgehead atoms. The predicted molar refractivity (Wildman–Crippen MR) is 65.5 cm³/mol. The van der Waals surface area contributed by atoms with Crippen LogP contribution in [0.3, 0.4) is 0 Å². The van der Waals surface area contributed by atoms with Crippen LogP contribution >= 0.6 is 0 Å². The van der Waals surface area contributed by atoms with Crippen LogP contribution in [0.25, 0.3) is 0 Å². The molecular weight excluding hydrogens is 182 g/mol. The van der Waals surface area contributed by atoms with Gasteiger partial charge in [-0.3, -0.25) is 4.48 Å². The first-order valence-electron chi connectivity index (χ1n) is 6.26. The molecular formula is C14H24N+. The highest BCUT2D eigenvalue weighted by molar-refractivity contribution is 5.35. The Morgan fingerprint density at radius 2 is 1.67 bits per heavy atom. The van der Waals surface area contributed by atoms with E-state index < -0.39 is 0 Å². The fourth-order valence-electron chi connectivity index (χ4n) is 3.40. The number of rotatable bonds is 0. The fourth-order valence-corrected chi connectivity index (χ4v) is 3.40. The molecule has 84 valence electrons. The Bertz CT molecular complexity index is 331. The molecule has 2 aliphatic rings. The van der Waals surface area contributed by atoms with E-state index in [1.807, 2.05) is 0 Å². The highest BCUT2D eigenvalue weighted by atomic mass is 15.3. The minimum atomic E-state index is 1.21. The van der Waals surface area contributed by atoms with Crippen LogP contribution in [-0.2, 0) is 0 Å². The lowest BCUT2D eigenvalue weighted by molar-refractivity contribution is -0.876. The summed E-state index contributed by atoms with van der Waals surface area (Å²) in [7, 11) is 2.43. The second kappa shape index (κ2) is 3.79. The van der Waals surface area contributed by atoms with Crippen LogP contribution in [0.1, 0.15) is 46.5 Å². The van der Waals surface area contributed by atoms with Crippen LogP contribution < -0.4 is 0 Å². The van der Waals surface area contributed by atoms with Gasteiger partial charge in [0, 0.05) is 18.4 Å². The molecule has 0 aromatic heterocycles. The first-order valence-corrected chi connectivity index (χ1v) is 6.26. The van der Waals surface area contributed by atoms with Crippen LogP contribution in [0.15, 0.2) is 22.4 Å². The number of allylic oxidation sites excluding steroid dienone is 3. The molecule has 1 nitrogen and oxygen atoms in total.